The van der Waals surface area contributed by atoms with E-state index in [2.05, 4.69) is 19.9 Å². The fourth-order valence-corrected chi connectivity index (χ4v) is 1.50. The van der Waals surface area contributed by atoms with Crippen LogP contribution in [0.5, 0.6) is 0 Å². The Labute approximate surface area is 80.0 Å². The Bertz CT molecular complexity index is 216. The monoisotopic (exact) mass is 182 g/mol. The Morgan fingerprint density at radius 2 is 2.31 bits per heavy atom. The lowest BCUT2D eigenvalue weighted by molar-refractivity contribution is -0.151. The van der Waals surface area contributed by atoms with Gasteiger partial charge >= 0.3 is 5.97 Å². The molecule has 0 aromatic heterocycles. The maximum absolute atomic E-state index is 11.1. The average Bonchev–Trinajstić information content (AvgIpc) is 2.08. The van der Waals surface area contributed by atoms with E-state index in [4.69, 9.17) is 4.74 Å². The van der Waals surface area contributed by atoms with Gasteiger partial charge in [-0.05, 0) is 18.9 Å². The molecule has 74 valence electrons. The van der Waals surface area contributed by atoms with Crippen molar-refractivity contribution in [2.75, 3.05) is 0 Å². The summed E-state index contributed by atoms with van der Waals surface area (Å²) in [5.74, 6) is -0.107. The standard InChI is InChI=1S/C11H18O2/c1-4-10(12)13-9-7-5-6-8-11(9,2)3/h5,7,9H,4,6,8H2,1-3H3. The van der Waals surface area contributed by atoms with Crippen molar-refractivity contribution in [3.05, 3.63) is 12.2 Å². The first-order valence-corrected chi connectivity index (χ1v) is 4.92. The minimum absolute atomic E-state index is 0.0336. The first-order valence-electron chi connectivity index (χ1n) is 4.92. The van der Waals surface area contributed by atoms with Crippen molar-refractivity contribution < 1.29 is 9.53 Å². The molecule has 1 rings (SSSR count). The van der Waals surface area contributed by atoms with Gasteiger partial charge in [-0.25, -0.2) is 0 Å². The Hall–Kier alpha value is -0.790. The molecular weight excluding hydrogens is 164 g/mol. The molecule has 1 aliphatic carbocycles. The van der Waals surface area contributed by atoms with Gasteiger partial charge in [-0.1, -0.05) is 26.8 Å². The molecule has 0 heterocycles. The number of hydrogen-bond donors (Lipinski definition) is 0. The summed E-state index contributed by atoms with van der Waals surface area (Å²) in [5, 5.41) is 0. The summed E-state index contributed by atoms with van der Waals surface area (Å²) in [6.07, 6.45) is 6.71. The number of carbonyl (C=O) groups is 1. The van der Waals surface area contributed by atoms with E-state index in [0.717, 1.165) is 12.8 Å². The van der Waals surface area contributed by atoms with Crippen molar-refractivity contribution in [3.8, 4) is 0 Å². The van der Waals surface area contributed by atoms with Gasteiger partial charge in [0.15, 0.2) is 0 Å². The molecule has 2 heteroatoms. The Morgan fingerprint density at radius 1 is 1.62 bits per heavy atom. The SMILES string of the molecule is CCC(=O)OC1C=CCCC1(C)C. The molecule has 0 spiro atoms. The van der Waals surface area contributed by atoms with Crippen molar-refractivity contribution in [2.24, 2.45) is 5.41 Å². The van der Waals surface area contributed by atoms with Gasteiger partial charge < -0.3 is 4.74 Å². The van der Waals surface area contributed by atoms with E-state index in [0.29, 0.717) is 6.42 Å². The molecule has 0 aromatic carbocycles. The number of allylic oxidation sites excluding steroid dienone is 1. The lowest BCUT2D eigenvalue weighted by Gasteiger charge is -2.34. The highest BCUT2D eigenvalue weighted by Crippen LogP contribution is 2.33. The van der Waals surface area contributed by atoms with Crippen molar-refractivity contribution in [2.45, 2.75) is 46.1 Å². The van der Waals surface area contributed by atoms with E-state index < -0.39 is 0 Å². The smallest absolute Gasteiger partial charge is 0.306 e. The van der Waals surface area contributed by atoms with Gasteiger partial charge in [0.05, 0.1) is 0 Å². The van der Waals surface area contributed by atoms with Crippen molar-refractivity contribution in [3.63, 3.8) is 0 Å². The Kier molecular flexibility index (Phi) is 3.12. The summed E-state index contributed by atoms with van der Waals surface area (Å²) in [6.45, 7) is 6.11. The Balaban J connectivity index is 2.61. The van der Waals surface area contributed by atoms with Gasteiger partial charge in [0.2, 0.25) is 0 Å². The van der Waals surface area contributed by atoms with Crippen LogP contribution in [0, 0.1) is 5.41 Å². The quantitative estimate of drug-likeness (QED) is 0.485. The van der Waals surface area contributed by atoms with Crippen LogP contribution in [0.3, 0.4) is 0 Å². The van der Waals surface area contributed by atoms with Crippen LogP contribution in [0.25, 0.3) is 0 Å². The molecule has 0 saturated heterocycles. The predicted octanol–water partition coefficient (Wildman–Crippen LogP) is 2.68. The van der Waals surface area contributed by atoms with E-state index in [9.17, 15) is 4.79 Å². The summed E-state index contributed by atoms with van der Waals surface area (Å²) in [7, 11) is 0. The third-order valence-electron chi connectivity index (χ3n) is 2.58. The van der Waals surface area contributed by atoms with E-state index in [1.165, 1.54) is 0 Å². The van der Waals surface area contributed by atoms with Gasteiger partial charge in [0, 0.05) is 11.8 Å². The van der Waals surface area contributed by atoms with Crippen molar-refractivity contribution in [1.29, 1.82) is 0 Å². The van der Waals surface area contributed by atoms with Crippen molar-refractivity contribution in [1.82, 2.24) is 0 Å². The van der Waals surface area contributed by atoms with Crippen LogP contribution < -0.4 is 0 Å². The van der Waals surface area contributed by atoms with E-state index in [1.54, 1.807) is 0 Å². The zero-order chi connectivity index (χ0) is 9.90. The first-order chi connectivity index (χ1) is 6.06. The summed E-state index contributed by atoms with van der Waals surface area (Å²) in [6, 6.07) is 0. The van der Waals surface area contributed by atoms with Gasteiger partial charge in [0.25, 0.3) is 0 Å². The minimum atomic E-state index is -0.107. The number of ether oxygens (including phenoxy) is 1. The molecule has 0 fully saturated rings. The van der Waals surface area contributed by atoms with Crippen LogP contribution >= 0.6 is 0 Å². The van der Waals surface area contributed by atoms with Crippen LogP contribution in [0.4, 0.5) is 0 Å². The highest BCUT2D eigenvalue weighted by atomic mass is 16.5. The second-order valence-electron chi connectivity index (χ2n) is 4.22. The molecule has 0 radical (unpaired) electrons. The van der Waals surface area contributed by atoms with Crippen LogP contribution in [-0.2, 0) is 9.53 Å². The molecule has 0 amide bonds. The van der Waals surface area contributed by atoms with Crippen LogP contribution in [0.2, 0.25) is 0 Å². The topological polar surface area (TPSA) is 26.3 Å². The lowest BCUT2D eigenvalue weighted by atomic mass is 9.78. The fourth-order valence-electron chi connectivity index (χ4n) is 1.50. The fraction of sp³-hybridized carbons (Fsp3) is 0.727. The van der Waals surface area contributed by atoms with Crippen LogP contribution in [0.15, 0.2) is 12.2 Å². The normalized spacial score (nSPS) is 25.6. The molecule has 2 nitrogen and oxygen atoms in total. The third kappa shape index (κ3) is 2.58. The molecule has 1 unspecified atom stereocenters. The predicted molar refractivity (Wildman–Crippen MR) is 52.3 cm³/mol. The highest BCUT2D eigenvalue weighted by Gasteiger charge is 2.31. The summed E-state index contributed by atoms with van der Waals surface area (Å²) in [4.78, 5) is 11.1. The third-order valence-corrected chi connectivity index (χ3v) is 2.58. The molecular formula is C11H18O2. The number of hydrogen-bond acceptors (Lipinski definition) is 2. The zero-order valence-corrected chi connectivity index (χ0v) is 8.67. The van der Waals surface area contributed by atoms with E-state index in [1.807, 2.05) is 13.0 Å². The first kappa shape index (κ1) is 10.3. The number of esters is 1. The minimum Gasteiger partial charge on any atom is -0.458 e. The van der Waals surface area contributed by atoms with E-state index >= 15 is 0 Å². The van der Waals surface area contributed by atoms with Crippen molar-refractivity contribution >= 4 is 5.97 Å². The molecule has 0 saturated carbocycles. The highest BCUT2D eigenvalue weighted by molar-refractivity contribution is 5.69. The van der Waals surface area contributed by atoms with Crippen LogP contribution in [0.1, 0.15) is 40.0 Å². The molecule has 0 N–H and O–H groups in total. The maximum atomic E-state index is 11.1. The largest absolute Gasteiger partial charge is 0.458 e. The van der Waals surface area contributed by atoms with Gasteiger partial charge in [-0.3, -0.25) is 4.79 Å². The number of carbonyl (C=O) groups excluding carboxylic acids is 1. The molecule has 1 atom stereocenters. The number of rotatable bonds is 2. The molecule has 0 aliphatic heterocycles. The van der Waals surface area contributed by atoms with Gasteiger partial charge in [0.1, 0.15) is 6.10 Å². The second-order valence-corrected chi connectivity index (χ2v) is 4.22. The summed E-state index contributed by atoms with van der Waals surface area (Å²) in [5.41, 5.74) is 0.0968. The van der Waals surface area contributed by atoms with Gasteiger partial charge in [-0.15, -0.1) is 0 Å². The zero-order valence-electron chi connectivity index (χ0n) is 8.67. The Morgan fingerprint density at radius 3 is 2.85 bits per heavy atom. The van der Waals surface area contributed by atoms with Crippen LogP contribution in [-0.4, -0.2) is 12.1 Å². The molecule has 1 aliphatic rings. The summed E-state index contributed by atoms with van der Waals surface area (Å²) < 4.78 is 5.33. The molecule has 0 aromatic rings. The second kappa shape index (κ2) is 3.95. The average molecular weight is 182 g/mol. The van der Waals surface area contributed by atoms with Gasteiger partial charge in [-0.2, -0.15) is 0 Å². The molecule has 0 bridgehead atoms. The lowest BCUT2D eigenvalue weighted by Crippen LogP contribution is -2.34. The van der Waals surface area contributed by atoms with E-state index in [-0.39, 0.29) is 17.5 Å². The summed E-state index contributed by atoms with van der Waals surface area (Å²) >= 11 is 0. The maximum Gasteiger partial charge on any atom is 0.306 e. The molecule has 13 heavy (non-hydrogen) atoms.